The summed E-state index contributed by atoms with van der Waals surface area (Å²) in [6.45, 7) is 0.207. The molecule has 5 nitrogen and oxygen atoms in total. The van der Waals surface area contributed by atoms with Gasteiger partial charge < -0.3 is 5.32 Å². The molecule has 31 heavy (non-hydrogen) atoms. The first kappa shape index (κ1) is 22.5. The molecule has 3 rings (SSSR count). The third kappa shape index (κ3) is 5.93. The Bertz CT molecular complexity index is 1150. The first-order valence-electron chi connectivity index (χ1n) is 9.28. The molecule has 3 aromatic carbocycles. The van der Waals surface area contributed by atoms with Gasteiger partial charge in [-0.1, -0.05) is 42.5 Å². The van der Waals surface area contributed by atoms with Crippen molar-refractivity contribution < 1.29 is 26.4 Å². The van der Waals surface area contributed by atoms with Gasteiger partial charge in [-0.05, 0) is 48.4 Å². The molecule has 0 aromatic heterocycles. The number of alkyl halides is 3. The van der Waals surface area contributed by atoms with Gasteiger partial charge in [0.05, 0.1) is 16.0 Å². The Morgan fingerprint density at radius 3 is 2.10 bits per heavy atom. The smallest absolute Gasteiger partial charge is 0.322 e. The minimum absolute atomic E-state index is 0.0192. The fraction of sp³-hybridized carbons (Fsp3) is 0.136. The molecule has 0 spiro atoms. The van der Waals surface area contributed by atoms with E-state index < -0.39 is 33.2 Å². The molecule has 0 unspecified atom stereocenters. The second kappa shape index (κ2) is 9.32. The minimum atomic E-state index is -4.67. The first-order valence-corrected chi connectivity index (χ1v) is 10.8. The van der Waals surface area contributed by atoms with Crippen LogP contribution in [0, 0.1) is 0 Å². The van der Waals surface area contributed by atoms with Crippen LogP contribution in [0.3, 0.4) is 0 Å². The summed E-state index contributed by atoms with van der Waals surface area (Å²) in [5.74, 6) is -0.940. The van der Waals surface area contributed by atoms with Gasteiger partial charge in [0.15, 0.2) is 0 Å². The number of hydrogen-bond donors (Lipinski definition) is 2. The molecule has 0 aliphatic heterocycles. The maximum atomic E-state index is 13.1. The maximum Gasteiger partial charge on any atom is 0.417 e. The fourth-order valence-corrected chi connectivity index (χ4v) is 3.93. The molecule has 0 aliphatic carbocycles. The Labute approximate surface area is 178 Å². The second-order valence-electron chi connectivity index (χ2n) is 6.66. The van der Waals surface area contributed by atoms with Gasteiger partial charge >= 0.3 is 6.18 Å². The van der Waals surface area contributed by atoms with Crippen molar-refractivity contribution in [2.75, 3.05) is 11.9 Å². The van der Waals surface area contributed by atoms with E-state index in [0.717, 1.165) is 17.7 Å². The number of halogens is 3. The van der Waals surface area contributed by atoms with Gasteiger partial charge in [0.2, 0.25) is 10.0 Å². The van der Waals surface area contributed by atoms with Crippen molar-refractivity contribution in [3.05, 3.63) is 95.6 Å². The minimum Gasteiger partial charge on any atom is -0.322 e. The quantitative estimate of drug-likeness (QED) is 0.560. The lowest BCUT2D eigenvalue weighted by Gasteiger charge is -2.13. The summed E-state index contributed by atoms with van der Waals surface area (Å²) in [6, 6.07) is 19.0. The van der Waals surface area contributed by atoms with Gasteiger partial charge in [-0.15, -0.1) is 0 Å². The van der Waals surface area contributed by atoms with Crippen LogP contribution >= 0.6 is 0 Å². The number of sulfonamides is 1. The van der Waals surface area contributed by atoms with Crippen LogP contribution < -0.4 is 10.0 Å². The molecule has 9 heteroatoms. The Hall–Kier alpha value is -3.17. The highest BCUT2D eigenvalue weighted by Gasteiger charge is 2.34. The summed E-state index contributed by atoms with van der Waals surface area (Å²) in [7, 11) is -3.77. The van der Waals surface area contributed by atoms with Crippen LogP contribution in [-0.2, 0) is 22.6 Å². The van der Waals surface area contributed by atoms with Crippen molar-refractivity contribution in [3.63, 3.8) is 0 Å². The lowest BCUT2D eigenvalue weighted by Crippen LogP contribution is -2.26. The van der Waals surface area contributed by atoms with E-state index in [4.69, 9.17) is 0 Å². The van der Waals surface area contributed by atoms with Crippen LogP contribution in [0.15, 0.2) is 83.8 Å². The largest absolute Gasteiger partial charge is 0.417 e. The van der Waals surface area contributed by atoms with E-state index >= 15 is 0 Å². The summed E-state index contributed by atoms with van der Waals surface area (Å²) in [5.41, 5.74) is -0.406. The zero-order valence-corrected chi connectivity index (χ0v) is 17.0. The van der Waals surface area contributed by atoms with Gasteiger partial charge in [0, 0.05) is 12.2 Å². The standard InChI is InChI=1S/C22H19F3N2O3S/c23-22(24,25)20-9-5-4-8-19(20)21(28)27-17-10-12-18(13-11-17)31(29,30)26-15-14-16-6-2-1-3-7-16/h1-13,26H,14-15H2,(H,27,28). The van der Waals surface area contributed by atoms with E-state index in [0.29, 0.717) is 6.42 Å². The lowest BCUT2D eigenvalue weighted by molar-refractivity contribution is -0.137. The number of hydrogen-bond acceptors (Lipinski definition) is 3. The highest BCUT2D eigenvalue weighted by molar-refractivity contribution is 7.89. The molecule has 0 heterocycles. The normalized spacial score (nSPS) is 11.8. The lowest BCUT2D eigenvalue weighted by atomic mass is 10.1. The number of amides is 1. The molecule has 2 N–H and O–H groups in total. The molecule has 1 amide bonds. The van der Waals surface area contributed by atoms with Crippen molar-refractivity contribution in [2.24, 2.45) is 0 Å². The van der Waals surface area contributed by atoms with Crippen molar-refractivity contribution in [2.45, 2.75) is 17.5 Å². The molecular formula is C22H19F3N2O3S. The number of benzene rings is 3. The van der Waals surface area contributed by atoms with Gasteiger partial charge in [0.1, 0.15) is 0 Å². The molecule has 0 bridgehead atoms. The predicted octanol–water partition coefficient (Wildman–Crippen LogP) is 4.48. The Balaban J connectivity index is 1.65. The van der Waals surface area contributed by atoms with Gasteiger partial charge in [-0.25, -0.2) is 13.1 Å². The van der Waals surface area contributed by atoms with E-state index in [1.807, 2.05) is 30.3 Å². The van der Waals surface area contributed by atoms with E-state index in [1.165, 1.54) is 36.4 Å². The maximum absolute atomic E-state index is 13.1. The van der Waals surface area contributed by atoms with Gasteiger partial charge in [0.25, 0.3) is 5.91 Å². The van der Waals surface area contributed by atoms with E-state index in [1.54, 1.807) is 0 Å². The van der Waals surface area contributed by atoms with E-state index in [-0.39, 0.29) is 17.1 Å². The number of anilines is 1. The average Bonchev–Trinajstić information content (AvgIpc) is 2.74. The third-order valence-electron chi connectivity index (χ3n) is 4.45. The SMILES string of the molecule is O=C(Nc1ccc(S(=O)(=O)NCCc2ccccc2)cc1)c1ccccc1C(F)(F)F. The molecule has 0 saturated carbocycles. The van der Waals surface area contributed by atoms with Crippen LogP contribution in [0.2, 0.25) is 0 Å². The van der Waals surface area contributed by atoms with Gasteiger partial charge in [-0.3, -0.25) is 4.79 Å². The molecule has 0 radical (unpaired) electrons. The Kier molecular flexibility index (Phi) is 6.77. The van der Waals surface area contributed by atoms with Crippen molar-refractivity contribution >= 4 is 21.6 Å². The third-order valence-corrected chi connectivity index (χ3v) is 5.93. The highest BCUT2D eigenvalue weighted by Crippen LogP contribution is 2.32. The van der Waals surface area contributed by atoms with E-state index in [9.17, 15) is 26.4 Å². The topological polar surface area (TPSA) is 75.3 Å². The summed E-state index contributed by atoms with van der Waals surface area (Å²) < 4.78 is 66.6. The fourth-order valence-electron chi connectivity index (χ4n) is 2.90. The molecule has 0 aliphatic rings. The van der Waals surface area contributed by atoms with Crippen LogP contribution in [0.4, 0.5) is 18.9 Å². The highest BCUT2D eigenvalue weighted by atomic mass is 32.2. The zero-order chi connectivity index (χ0) is 22.5. The van der Waals surface area contributed by atoms with Crippen molar-refractivity contribution in [1.29, 1.82) is 0 Å². The second-order valence-corrected chi connectivity index (χ2v) is 8.42. The molecule has 3 aromatic rings. The molecule has 0 atom stereocenters. The first-order chi connectivity index (χ1) is 14.7. The zero-order valence-electron chi connectivity index (χ0n) is 16.2. The van der Waals surface area contributed by atoms with E-state index in [2.05, 4.69) is 10.0 Å². The summed E-state index contributed by atoms with van der Waals surface area (Å²) in [5, 5.41) is 2.36. The van der Waals surface area contributed by atoms with Crippen LogP contribution in [0.1, 0.15) is 21.5 Å². The number of carbonyl (C=O) groups is 1. The van der Waals surface area contributed by atoms with Crippen LogP contribution in [0.5, 0.6) is 0 Å². The average molecular weight is 448 g/mol. The van der Waals surface area contributed by atoms with Gasteiger partial charge in [-0.2, -0.15) is 13.2 Å². The Morgan fingerprint density at radius 2 is 1.45 bits per heavy atom. The van der Waals surface area contributed by atoms with Crippen molar-refractivity contribution in [3.8, 4) is 0 Å². The molecule has 162 valence electrons. The number of nitrogens with one attached hydrogen (secondary N) is 2. The van der Waals surface area contributed by atoms with Crippen LogP contribution in [-0.4, -0.2) is 20.9 Å². The predicted molar refractivity (Wildman–Crippen MR) is 111 cm³/mol. The number of rotatable bonds is 7. The number of carbonyl (C=O) groups excluding carboxylic acids is 1. The Morgan fingerprint density at radius 1 is 0.839 bits per heavy atom. The molecule has 0 fully saturated rings. The summed E-state index contributed by atoms with van der Waals surface area (Å²) in [6.07, 6.45) is -4.15. The summed E-state index contributed by atoms with van der Waals surface area (Å²) >= 11 is 0. The van der Waals surface area contributed by atoms with Crippen LogP contribution in [0.25, 0.3) is 0 Å². The molecular weight excluding hydrogens is 429 g/mol. The summed E-state index contributed by atoms with van der Waals surface area (Å²) in [4.78, 5) is 12.3. The van der Waals surface area contributed by atoms with Crippen molar-refractivity contribution in [1.82, 2.24) is 4.72 Å². The monoisotopic (exact) mass is 448 g/mol. The molecule has 0 saturated heterocycles.